The van der Waals surface area contributed by atoms with Gasteiger partial charge >= 0.3 is 0 Å². The van der Waals surface area contributed by atoms with Crippen LogP contribution < -0.4 is 5.32 Å². The van der Waals surface area contributed by atoms with Gasteiger partial charge in [0, 0.05) is 6.54 Å². The Labute approximate surface area is 128 Å². The minimum atomic E-state index is -0.504. The number of nitrogens with zero attached hydrogens (tertiary/aromatic N) is 1. The summed E-state index contributed by atoms with van der Waals surface area (Å²) in [5.74, 6) is -0.0692. The predicted molar refractivity (Wildman–Crippen MR) is 81.0 cm³/mol. The summed E-state index contributed by atoms with van der Waals surface area (Å²) >= 11 is 0. The number of benzene rings is 1. The van der Waals surface area contributed by atoms with Gasteiger partial charge in [-0.1, -0.05) is 12.1 Å². The first-order chi connectivity index (χ1) is 10.8. The Kier molecular flexibility index (Phi) is 4.53. The van der Waals surface area contributed by atoms with Gasteiger partial charge in [0.2, 0.25) is 0 Å². The van der Waals surface area contributed by atoms with Gasteiger partial charge in [0.15, 0.2) is 0 Å². The molecule has 2 aromatic rings. The van der Waals surface area contributed by atoms with Crippen molar-refractivity contribution >= 4 is 5.91 Å². The van der Waals surface area contributed by atoms with Gasteiger partial charge in [0.25, 0.3) is 5.91 Å². The number of carbonyl (C=O) groups is 1. The Balaban J connectivity index is 1.69. The molecule has 5 heteroatoms. The molecule has 116 valence electrons. The van der Waals surface area contributed by atoms with Crippen LogP contribution in [0.15, 0.2) is 47.1 Å². The number of rotatable bonds is 5. The van der Waals surface area contributed by atoms with Gasteiger partial charge in [-0.25, -0.2) is 4.39 Å². The second-order valence-corrected chi connectivity index (χ2v) is 5.46. The number of hydrogen-bond acceptors (Lipinski definition) is 3. The summed E-state index contributed by atoms with van der Waals surface area (Å²) in [4.78, 5) is 14.4. The molecule has 0 bridgehead atoms. The molecule has 1 aromatic carbocycles. The lowest BCUT2D eigenvalue weighted by Crippen LogP contribution is -2.36. The summed E-state index contributed by atoms with van der Waals surface area (Å²) in [5, 5.41) is 2.82. The van der Waals surface area contributed by atoms with E-state index in [2.05, 4.69) is 10.2 Å². The van der Waals surface area contributed by atoms with Crippen molar-refractivity contribution in [3.05, 3.63) is 59.8 Å². The molecule has 1 fully saturated rings. The van der Waals surface area contributed by atoms with Crippen LogP contribution in [0, 0.1) is 5.82 Å². The maximum Gasteiger partial charge on any atom is 0.254 e. The minimum Gasteiger partial charge on any atom is -0.468 e. The molecule has 0 saturated carbocycles. The van der Waals surface area contributed by atoms with Gasteiger partial charge in [-0.05, 0) is 50.2 Å². The van der Waals surface area contributed by atoms with E-state index in [0.29, 0.717) is 6.54 Å². The molecule has 0 unspecified atom stereocenters. The van der Waals surface area contributed by atoms with Crippen LogP contribution in [-0.4, -0.2) is 30.4 Å². The largest absolute Gasteiger partial charge is 0.468 e. The average Bonchev–Trinajstić information content (AvgIpc) is 3.21. The highest BCUT2D eigenvalue weighted by Gasteiger charge is 2.26. The molecule has 1 aliphatic heterocycles. The van der Waals surface area contributed by atoms with Gasteiger partial charge in [0.1, 0.15) is 11.6 Å². The van der Waals surface area contributed by atoms with Crippen molar-refractivity contribution in [2.24, 2.45) is 0 Å². The van der Waals surface area contributed by atoms with Crippen molar-refractivity contribution < 1.29 is 13.6 Å². The quantitative estimate of drug-likeness (QED) is 0.923. The van der Waals surface area contributed by atoms with Crippen LogP contribution in [0.2, 0.25) is 0 Å². The normalized spacial score (nSPS) is 16.6. The standard InChI is InChI=1S/C17H19FN2O2/c18-14-7-2-1-6-13(14)17(21)19-12-15(16-8-5-11-22-16)20-9-3-4-10-20/h1-2,5-8,11,15H,3-4,9-10,12H2,(H,19,21)/t15-/m0/s1. The van der Waals surface area contributed by atoms with Gasteiger partial charge in [0.05, 0.1) is 17.9 Å². The van der Waals surface area contributed by atoms with Crippen molar-refractivity contribution in [1.82, 2.24) is 10.2 Å². The van der Waals surface area contributed by atoms with Crippen LogP contribution in [0.1, 0.15) is 35.0 Å². The van der Waals surface area contributed by atoms with E-state index in [-0.39, 0.29) is 11.6 Å². The smallest absolute Gasteiger partial charge is 0.254 e. The van der Waals surface area contributed by atoms with Crippen LogP contribution in [0.25, 0.3) is 0 Å². The van der Waals surface area contributed by atoms with Crippen molar-refractivity contribution in [2.45, 2.75) is 18.9 Å². The lowest BCUT2D eigenvalue weighted by molar-refractivity contribution is 0.0930. The van der Waals surface area contributed by atoms with Crippen molar-refractivity contribution in [3.8, 4) is 0 Å². The summed E-state index contributed by atoms with van der Waals surface area (Å²) in [6, 6.07) is 9.76. The summed E-state index contributed by atoms with van der Waals surface area (Å²) < 4.78 is 19.2. The topological polar surface area (TPSA) is 45.5 Å². The Bertz CT molecular complexity index is 621. The van der Waals surface area contributed by atoms with Crippen molar-refractivity contribution in [3.63, 3.8) is 0 Å². The SMILES string of the molecule is O=C(NC[C@@H](c1ccco1)N1CCCC1)c1ccccc1F. The first-order valence-electron chi connectivity index (χ1n) is 7.56. The molecule has 1 aromatic heterocycles. The second-order valence-electron chi connectivity index (χ2n) is 5.46. The van der Waals surface area contributed by atoms with Gasteiger partial charge in [-0.2, -0.15) is 0 Å². The van der Waals surface area contributed by atoms with E-state index in [1.54, 1.807) is 18.4 Å². The maximum absolute atomic E-state index is 13.6. The fourth-order valence-electron chi connectivity index (χ4n) is 2.87. The fourth-order valence-corrected chi connectivity index (χ4v) is 2.87. The summed E-state index contributed by atoms with van der Waals surface area (Å²) in [6.07, 6.45) is 3.94. The van der Waals surface area contributed by atoms with Crippen molar-refractivity contribution in [2.75, 3.05) is 19.6 Å². The average molecular weight is 302 g/mol. The molecular weight excluding hydrogens is 283 g/mol. The molecule has 4 nitrogen and oxygen atoms in total. The Morgan fingerprint density at radius 2 is 2.00 bits per heavy atom. The lowest BCUT2D eigenvalue weighted by atomic mass is 10.1. The van der Waals surface area contributed by atoms with Crippen LogP contribution in [0.4, 0.5) is 4.39 Å². The number of nitrogens with one attached hydrogen (secondary N) is 1. The van der Waals surface area contributed by atoms with Crippen LogP contribution in [-0.2, 0) is 0 Å². The zero-order valence-corrected chi connectivity index (χ0v) is 12.3. The number of carbonyl (C=O) groups excluding carboxylic acids is 1. The summed E-state index contributed by atoms with van der Waals surface area (Å²) in [6.45, 7) is 2.38. The minimum absolute atomic E-state index is 0.00627. The number of likely N-dealkylation sites (tertiary alicyclic amines) is 1. The fraction of sp³-hybridized carbons (Fsp3) is 0.353. The van der Waals surface area contributed by atoms with E-state index >= 15 is 0 Å². The van der Waals surface area contributed by atoms with E-state index in [9.17, 15) is 9.18 Å². The molecule has 1 atom stereocenters. The molecule has 0 spiro atoms. The van der Waals surface area contributed by atoms with Gasteiger partial charge in [-0.3, -0.25) is 9.69 Å². The van der Waals surface area contributed by atoms with E-state index in [1.807, 2.05) is 12.1 Å². The van der Waals surface area contributed by atoms with E-state index < -0.39 is 11.7 Å². The van der Waals surface area contributed by atoms with E-state index in [1.165, 1.54) is 12.1 Å². The third-order valence-corrected chi connectivity index (χ3v) is 4.03. The zero-order chi connectivity index (χ0) is 15.4. The molecule has 1 aliphatic rings. The van der Waals surface area contributed by atoms with Gasteiger partial charge in [-0.15, -0.1) is 0 Å². The lowest BCUT2D eigenvalue weighted by Gasteiger charge is -2.26. The third-order valence-electron chi connectivity index (χ3n) is 4.03. The molecular formula is C17H19FN2O2. The van der Waals surface area contributed by atoms with E-state index in [4.69, 9.17) is 4.42 Å². The molecule has 22 heavy (non-hydrogen) atoms. The third kappa shape index (κ3) is 3.20. The highest BCUT2D eigenvalue weighted by molar-refractivity contribution is 5.94. The Morgan fingerprint density at radius 1 is 1.23 bits per heavy atom. The summed E-state index contributed by atoms with van der Waals surface area (Å²) in [5.41, 5.74) is 0.0714. The molecule has 0 radical (unpaired) electrons. The Morgan fingerprint density at radius 3 is 2.68 bits per heavy atom. The van der Waals surface area contributed by atoms with E-state index in [0.717, 1.165) is 31.7 Å². The number of furan rings is 1. The highest BCUT2D eigenvalue weighted by Crippen LogP contribution is 2.25. The highest BCUT2D eigenvalue weighted by atomic mass is 19.1. The first-order valence-corrected chi connectivity index (χ1v) is 7.56. The molecule has 1 amide bonds. The first kappa shape index (κ1) is 14.8. The molecule has 0 aliphatic carbocycles. The maximum atomic E-state index is 13.6. The van der Waals surface area contributed by atoms with Crippen molar-refractivity contribution in [1.29, 1.82) is 0 Å². The van der Waals surface area contributed by atoms with Crippen LogP contribution >= 0.6 is 0 Å². The number of hydrogen-bond donors (Lipinski definition) is 1. The van der Waals surface area contributed by atoms with Gasteiger partial charge < -0.3 is 9.73 Å². The molecule has 1 saturated heterocycles. The Hall–Kier alpha value is -2.14. The predicted octanol–water partition coefficient (Wildman–Crippen LogP) is 2.99. The second kappa shape index (κ2) is 6.75. The summed E-state index contributed by atoms with van der Waals surface area (Å²) in [7, 11) is 0. The number of halogens is 1. The molecule has 2 heterocycles. The zero-order valence-electron chi connectivity index (χ0n) is 12.3. The molecule has 1 N–H and O–H groups in total. The molecule has 3 rings (SSSR count). The van der Waals surface area contributed by atoms with Crippen LogP contribution in [0.3, 0.4) is 0 Å². The van der Waals surface area contributed by atoms with Crippen LogP contribution in [0.5, 0.6) is 0 Å². The number of amides is 1. The monoisotopic (exact) mass is 302 g/mol.